The van der Waals surface area contributed by atoms with Gasteiger partial charge in [0, 0.05) is 11.7 Å². The first kappa shape index (κ1) is 10.6. The zero-order chi connectivity index (χ0) is 10.9. The van der Waals surface area contributed by atoms with Crippen molar-refractivity contribution in [3.05, 3.63) is 35.9 Å². The quantitative estimate of drug-likeness (QED) is 0.850. The molecule has 1 aromatic carbocycles. The number of carboxylic acid groups (broad SMARTS) is 1. The van der Waals surface area contributed by atoms with Crippen LogP contribution in [0.25, 0.3) is 0 Å². The Hall–Kier alpha value is -0.960. The minimum absolute atomic E-state index is 0.212. The van der Waals surface area contributed by atoms with Gasteiger partial charge in [-0.1, -0.05) is 30.3 Å². The highest BCUT2D eigenvalue weighted by molar-refractivity contribution is 7.98. The average molecular weight is 222 g/mol. The number of benzene rings is 1. The standard InChI is InChI=1S/C12H14O2S/c1-15-8-12(11(13)14)7-10(12)9-5-3-2-4-6-9/h2-6,10H,7-8H2,1H3,(H,13,14). The Morgan fingerprint density at radius 1 is 1.53 bits per heavy atom. The second-order valence-corrected chi connectivity index (χ2v) is 4.93. The van der Waals surface area contributed by atoms with Gasteiger partial charge in [0.15, 0.2) is 0 Å². The zero-order valence-corrected chi connectivity index (χ0v) is 9.46. The van der Waals surface area contributed by atoms with Gasteiger partial charge >= 0.3 is 5.97 Å². The molecule has 0 amide bonds. The fourth-order valence-corrected chi connectivity index (χ4v) is 3.10. The van der Waals surface area contributed by atoms with Gasteiger partial charge in [0.1, 0.15) is 0 Å². The minimum Gasteiger partial charge on any atom is -0.481 e. The lowest BCUT2D eigenvalue weighted by Gasteiger charge is -2.10. The van der Waals surface area contributed by atoms with Crippen LogP contribution in [0, 0.1) is 5.41 Å². The summed E-state index contributed by atoms with van der Waals surface area (Å²) in [6, 6.07) is 9.95. The van der Waals surface area contributed by atoms with Gasteiger partial charge in [-0.3, -0.25) is 4.79 Å². The topological polar surface area (TPSA) is 37.3 Å². The summed E-state index contributed by atoms with van der Waals surface area (Å²) < 4.78 is 0. The SMILES string of the molecule is CSCC1(C(=O)O)CC1c1ccccc1. The van der Waals surface area contributed by atoms with Crippen molar-refractivity contribution in [1.82, 2.24) is 0 Å². The molecule has 0 spiro atoms. The predicted octanol–water partition coefficient (Wildman–Crippen LogP) is 2.61. The van der Waals surface area contributed by atoms with E-state index in [0.29, 0.717) is 5.75 Å². The highest BCUT2D eigenvalue weighted by Gasteiger charge is 2.60. The summed E-state index contributed by atoms with van der Waals surface area (Å²) in [4.78, 5) is 11.2. The van der Waals surface area contributed by atoms with Crippen molar-refractivity contribution in [2.24, 2.45) is 5.41 Å². The van der Waals surface area contributed by atoms with Crippen molar-refractivity contribution in [3.8, 4) is 0 Å². The molecule has 1 N–H and O–H groups in total. The Morgan fingerprint density at radius 3 is 2.73 bits per heavy atom. The van der Waals surface area contributed by atoms with Crippen LogP contribution in [0.15, 0.2) is 30.3 Å². The molecule has 1 aliphatic rings. The molecule has 15 heavy (non-hydrogen) atoms. The maximum absolute atomic E-state index is 11.2. The van der Waals surface area contributed by atoms with E-state index in [2.05, 4.69) is 0 Å². The van der Waals surface area contributed by atoms with Crippen molar-refractivity contribution in [2.45, 2.75) is 12.3 Å². The molecule has 0 saturated heterocycles. The predicted molar refractivity (Wildman–Crippen MR) is 62.3 cm³/mol. The first-order valence-corrected chi connectivity index (χ1v) is 6.37. The molecule has 2 rings (SSSR count). The van der Waals surface area contributed by atoms with Gasteiger partial charge in [-0.05, 0) is 18.2 Å². The van der Waals surface area contributed by atoms with E-state index in [1.807, 2.05) is 36.6 Å². The van der Waals surface area contributed by atoms with Crippen LogP contribution in [-0.2, 0) is 4.79 Å². The maximum atomic E-state index is 11.2. The van der Waals surface area contributed by atoms with Gasteiger partial charge in [0.25, 0.3) is 0 Å². The number of hydrogen-bond donors (Lipinski definition) is 1. The molecule has 0 bridgehead atoms. The number of rotatable bonds is 4. The molecule has 80 valence electrons. The Labute approximate surface area is 93.7 Å². The molecule has 1 fully saturated rings. The fraction of sp³-hybridized carbons (Fsp3) is 0.417. The molecule has 0 radical (unpaired) electrons. The van der Waals surface area contributed by atoms with Crippen molar-refractivity contribution < 1.29 is 9.90 Å². The van der Waals surface area contributed by atoms with Crippen LogP contribution in [0.1, 0.15) is 17.9 Å². The van der Waals surface area contributed by atoms with E-state index in [-0.39, 0.29) is 5.92 Å². The summed E-state index contributed by atoms with van der Waals surface area (Å²) in [5, 5.41) is 9.25. The summed E-state index contributed by atoms with van der Waals surface area (Å²) >= 11 is 1.62. The first-order valence-electron chi connectivity index (χ1n) is 4.98. The lowest BCUT2D eigenvalue weighted by molar-refractivity contribution is -0.142. The van der Waals surface area contributed by atoms with Gasteiger partial charge in [-0.15, -0.1) is 0 Å². The highest BCUT2D eigenvalue weighted by atomic mass is 32.2. The Balaban J connectivity index is 2.19. The van der Waals surface area contributed by atoms with Crippen LogP contribution in [-0.4, -0.2) is 23.1 Å². The normalized spacial score (nSPS) is 28.7. The summed E-state index contributed by atoms with van der Waals surface area (Å²) in [5.74, 6) is 0.274. The van der Waals surface area contributed by atoms with E-state index in [0.717, 1.165) is 12.0 Å². The summed E-state index contributed by atoms with van der Waals surface area (Å²) in [7, 11) is 0. The molecule has 2 unspecified atom stereocenters. The van der Waals surface area contributed by atoms with Crippen LogP contribution >= 0.6 is 11.8 Å². The third-order valence-corrected chi connectivity index (χ3v) is 3.91. The van der Waals surface area contributed by atoms with E-state index >= 15 is 0 Å². The molecule has 2 atom stereocenters. The molecule has 1 aromatic rings. The number of carbonyl (C=O) groups is 1. The third kappa shape index (κ3) is 1.76. The Kier molecular flexibility index (Phi) is 2.74. The van der Waals surface area contributed by atoms with Crippen molar-refractivity contribution in [2.75, 3.05) is 12.0 Å². The van der Waals surface area contributed by atoms with Gasteiger partial charge in [-0.25, -0.2) is 0 Å². The molecular formula is C12H14O2S. The summed E-state index contributed by atoms with van der Waals surface area (Å²) in [6.07, 6.45) is 2.75. The second-order valence-electron chi connectivity index (χ2n) is 4.06. The van der Waals surface area contributed by atoms with Gasteiger partial charge in [0.2, 0.25) is 0 Å². The second kappa shape index (κ2) is 3.89. The summed E-state index contributed by atoms with van der Waals surface area (Å²) in [5.41, 5.74) is 0.662. The monoisotopic (exact) mass is 222 g/mol. The number of thioether (sulfide) groups is 1. The van der Waals surface area contributed by atoms with Gasteiger partial charge < -0.3 is 5.11 Å². The van der Waals surface area contributed by atoms with Crippen LogP contribution in [0.3, 0.4) is 0 Å². The van der Waals surface area contributed by atoms with E-state index < -0.39 is 11.4 Å². The van der Waals surface area contributed by atoms with Crippen LogP contribution in [0.5, 0.6) is 0 Å². The molecule has 0 aliphatic heterocycles. The van der Waals surface area contributed by atoms with Gasteiger partial charge in [-0.2, -0.15) is 11.8 Å². The van der Waals surface area contributed by atoms with Crippen LogP contribution < -0.4 is 0 Å². The fourth-order valence-electron chi connectivity index (χ4n) is 2.14. The average Bonchev–Trinajstić information content (AvgIpc) is 2.96. The molecule has 0 heterocycles. The third-order valence-electron chi connectivity index (χ3n) is 3.11. The van der Waals surface area contributed by atoms with E-state index in [1.54, 1.807) is 11.8 Å². The molecule has 0 aromatic heterocycles. The van der Waals surface area contributed by atoms with Crippen molar-refractivity contribution >= 4 is 17.7 Å². The smallest absolute Gasteiger partial charge is 0.311 e. The molecule has 2 nitrogen and oxygen atoms in total. The van der Waals surface area contributed by atoms with E-state index in [1.165, 1.54) is 0 Å². The van der Waals surface area contributed by atoms with E-state index in [4.69, 9.17) is 0 Å². The Morgan fingerprint density at radius 2 is 2.20 bits per heavy atom. The largest absolute Gasteiger partial charge is 0.481 e. The number of aliphatic carboxylic acids is 1. The van der Waals surface area contributed by atoms with Crippen LogP contribution in [0.4, 0.5) is 0 Å². The highest BCUT2D eigenvalue weighted by Crippen LogP contribution is 2.60. The maximum Gasteiger partial charge on any atom is 0.311 e. The molecule has 1 aliphatic carbocycles. The van der Waals surface area contributed by atoms with Gasteiger partial charge in [0.05, 0.1) is 5.41 Å². The summed E-state index contributed by atoms with van der Waals surface area (Å²) in [6.45, 7) is 0. The minimum atomic E-state index is -0.647. The first-order chi connectivity index (χ1) is 7.20. The molecule has 3 heteroatoms. The van der Waals surface area contributed by atoms with E-state index in [9.17, 15) is 9.90 Å². The van der Waals surface area contributed by atoms with Crippen molar-refractivity contribution in [3.63, 3.8) is 0 Å². The lowest BCUT2D eigenvalue weighted by Crippen LogP contribution is -2.19. The van der Waals surface area contributed by atoms with Crippen LogP contribution in [0.2, 0.25) is 0 Å². The number of carboxylic acids is 1. The van der Waals surface area contributed by atoms with Crippen molar-refractivity contribution in [1.29, 1.82) is 0 Å². The zero-order valence-electron chi connectivity index (χ0n) is 8.64. The molecule has 1 saturated carbocycles. The Bertz CT molecular complexity index is 363. The lowest BCUT2D eigenvalue weighted by atomic mass is 10.0. The molecular weight excluding hydrogens is 208 g/mol. The number of hydrogen-bond acceptors (Lipinski definition) is 2.